The number of morpholine rings is 1. The summed E-state index contributed by atoms with van der Waals surface area (Å²) < 4.78 is 5.36. The largest absolute Gasteiger partial charge is 0.378 e. The summed E-state index contributed by atoms with van der Waals surface area (Å²) in [7, 11) is 0. The van der Waals surface area contributed by atoms with E-state index in [4.69, 9.17) is 4.74 Å². The normalized spacial score (nSPS) is 16.1. The molecule has 3 rings (SSSR count). The van der Waals surface area contributed by atoms with E-state index < -0.39 is 0 Å². The fourth-order valence-electron chi connectivity index (χ4n) is 2.11. The van der Waals surface area contributed by atoms with Crippen molar-refractivity contribution in [3.8, 4) is 11.1 Å². The molecule has 1 aliphatic rings. The van der Waals surface area contributed by atoms with Gasteiger partial charge in [-0.25, -0.2) is 0 Å². The van der Waals surface area contributed by atoms with Gasteiger partial charge in [0.2, 0.25) is 0 Å². The van der Waals surface area contributed by atoms with Gasteiger partial charge in [0, 0.05) is 18.8 Å². The quantitative estimate of drug-likeness (QED) is 0.805. The van der Waals surface area contributed by atoms with Crippen molar-refractivity contribution in [2.24, 2.45) is 0 Å². The summed E-state index contributed by atoms with van der Waals surface area (Å²) in [6.45, 7) is 3.67. The summed E-state index contributed by atoms with van der Waals surface area (Å²) >= 11 is 1.74. The van der Waals surface area contributed by atoms with Crippen molar-refractivity contribution in [1.82, 2.24) is 0 Å². The maximum atomic E-state index is 5.36. The van der Waals surface area contributed by atoms with Crippen molar-refractivity contribution in [2.75, 3.05) is 31.2 Å². The zero-order valence-electron chi connectivity index (χ0n) is 9.63. The molecule has 1 fully saturated rings. The molecular weight excluding hydrogens is 230 g/mol. The summed E-state index contributed by atoms with van der Waals surface area (Å²) in [6.07, 6.45) is 0. The highest BCUT2D eigenvalue weighted by Crippen LogP contribution is 2.25. The van der Waals surface area contributed by atoms with Crippen LogP contribution >= 0.6 is 11.3 Å². The monoisotopic (exact) mass is 245 g/mol. The second kappa shape index (κ2) is 4.90. The van der Waals surface area contributed by atoms with Crippen LogP contribution in [0.25, 0.3) is 11.1 Å². The van der Waals surface area contributed by atoms with Gasteiger partial charge in [0.15, 0.2) is 0 Å². The Bertz CT molecular complexity index is 457. The number of hydrogen-bond donors (Lipinski definition) is 0. The van der Waals surface area contributed by atoms with Gasteiger partial charge >= 0.3 is 0 Å². The van der Waals surface area contributed by atoms with E-state index in [0.29, 0.717) is 0 Å². The minimum Gasteiger partial charge on any atom is -0.378 e. The van der Waals surface area contributed by atoms with Gasteiger partial charge in [-0.05, 0) is 40.1 Å². The summed E-state index contributed by atoms with van der Waals surface area (Å²) in [5.74, 6) is 0. The van der Waals surface area contributed by atoms with Crippen LogP contribution in [-0.4, -0.2) is 26.3 Å². The second-order valence-electron chi connectivity index (χ2n) is 4.16. The SMILES string of the molecule is c1cc(-c2ccc(N3CCOCC3)cc2)cs1. The number of benzene rings is 1. The zero-order chi connectivity index (χ0) is 11.5. The predicted molar refractivity (Wildman–Crippen MR) is 72.8 cm³/mol. The van der Waals surface area contributed by atoms with Gasteiger partial charge in [-0.3, -0.25) is 0 Å². The molecule has 0 saturated carbocycles. The molecule has 2 aromatic rings. The number of anilines is 1. The molecule has 0 atom stereocenters. The smallest absolute Gasteiger partial charge is 0.0642 e. The van der Waals surface area contributed by atoms with Crippen molar-refractivity contribution in [2.45, 2.75) is 0 Å². The van der Waals surface area contributed by atoms with Gasteiger partial charge < -0.3 is 9.64 Å². The predicted octanol–water partition coefficient (Wildman–Crippen LogP) is 3.25. The first-order chi connectivity index (χ1) is 8.43. The van der Waals surface area contributed by atoms with Crippen molar-refractivity contribution in [1.29, 1.82) is 0 Å². The van der Waals surface area contributed by atoms with Gasteiger partial charge in [-0.15, -0.1) is 0 Å². The van der Waals surface area contributed by atoms with Crippen LogP contribution in [0, 0.1) is 0 Å². The van der Waals surface area contributed by atoms with Gasteiger partial charge in [0.05, 0.1) is 13.2 Å². The Kier molecular flexibility index (Phi) is 3.12. The molecule has 1 aromatic carbocycles. The molecule has 0 N–H and O–H groups in total. The highest BCUT2D eigenvalue weighted by atomic mass is 32.1. The Morgan fingerprint density at radius 3 is 2.35 bits per heavy atom. The minimum absolute atomic E-state index is 0.840. The number of ether oxygens (including phenoxy) is 1. The molecule has 1 aliphatic heterocycles. The van der Waals surface area contributed by atoms with Crippen LogP contribution < -0.4 is 4.90 Å². The lowest BCUT2D eigenvalue weighted by Crippen LogP contribution is -2.36. The van der Waals surface area contributed by atoms with Crippen molar-refractivity contribution in [3.05, 3.63) is 41.1 Å². The molecule has 0 aliphatic carbocycles. The van der Waals surface area contributed by atoms with E-state index in [2.05, 4.69) is 46.0 Å². The topological polar surface area (TPSA) is 12.5 Å². The lowest BCUT2D eigenvalue weighted by atomic mass is 10.1. The molecule has 88 valence electrons. The lowest BCUT2D eigenvalue weighted by molar-refractivity contribution is 0.122. The Morgan fingerprint density at radius 1 is 0.941 bits per heavy atom. The molecule has 0 bridgehead atoms. The van der Waals surface area contributed by atoms with E-state index in [0.717, 1.165) is 26.3 Å². The maximum absolute atomic E-state index is 5.36. The molecule has 0 radical (unpaired) electrons. The first-order valence-electron chi connectivity index (χ1n) is 5.89. The highest BCUT2D eigenvalue weighted by molar-refractivity contribution is 7.08. The molecule has 0 unspecified atom stereocenters. The van der Waals surface area contributed by atoms with Crippen molar-refractivity contribution < 1.29 is 4.74 Å². The van der Waals surface area contributed by atoms with Crippen LogP contribution in [-0.2, 0) is 4.74 Å². The standard InChI is InChI=1S/C14H15NOS/c1-3-14(15-6-8-16-9-7-15)4-2-12(1)13-5-10-17-11-13/h1-5,10-11H,6-9H2. The lowest BCUT2D eigenvalue weighted by Gasteiger charge is -2.28. The number of hydrogen-bond acceptors (Lipinski definition) is 3. The molecule has 0 amide bonds. The first kappa shape index (κ1) is 10.8. The Morgan fingerprint density at radius 2 is 1.71 bits per heavy atom. The van der Waals surface area contributed by atoms with Gasteiger partial charge in [0.25, 0.3) is 0 Å². The Hall–Kier alpha value is -1.32. The fourth-order valence-corrected chi connectivity index (χ4v) is 2.78. The number of nitrogens with zero attached hydrogens (tertiary/aromatic N) is 1. The van der Waals surface area contributed by atoms with E-state index in [-0.39, 0.29) is 0 Å². The van der Waals surface area contributed by atoms with Crippen LogP contribution in [0.4, 0.5) is 5.69 Å². The average molecular weight is 245 g/mol. The van der Waals surface area contributed by atoms with Crippen LogP contribution in [0.1, 0.15) is 0 Å². The van der Waals surface area contributed by atoms with Crippen LogP contribution in [0.2, 0.25) is 0 Å². The van der Waals surface area contributed by atoms with Crippen molar-refractivity contribution in [3.63, 3.8) is 0 Å². The van der Waals surface area contributed by atoms with Crippen LogP contribution in [0.3, 0.4) is 0 Å². The van der Waals surface area contributed by atoms with E-state index in [1.807, 2.05) is 0 Å². The summed E-state index contributed by atoms with van der Waals surface area (Å²) in [5, 5.41) is 4.30. The summed E-state index contributed by atoms with van der Waals surface area (Å²) in [5.41, 5.74) is 3.90. The molecular formula is C14H15NOS. The number of thiophene rings is 1. The molecule has 0 spiro atoms. The van der Waals surface area contributed by atoms with Gasteiger partial charge in [0.1, 0.15) is 0 Å². The minimum atomic E-state index is 0.840. The van der Waals surface area contributed by atoms with Crippen molar-refractivity contribution >= 4 is 17.0 Å². The molecule has 2 heterocycles. The zero-order valence-corrected chi connectivity index (χ0v) is 10.5. The molecule has 1 saturated heterocycles. The van der Waals surface area contributed by atoms with E-state index in [1.54, 1.807) is 11.3 Å². The maximum Gasteiger partial charge on any atom is 0.0642 e. The first-order valence-corrected chi connectivity index (χ1v) is 6.83. The molecule has 1 aromatic heterocycles. The molecule has 3 heteroatoms. The Balaban J connectivity index is 1.80. The van der Waals surface area contributed by atoms with E-state index >= 15 is 0 Å². The highest BCUT2D eigenvalue weighted by Gasteiger charge is 2.10. The van der Waals surface area contributed by atoms with Crippen LogP contribution in [0.15, 0.2) is 41.1 Å². The van der Waals surface area contributed by atoms with Crippen LogP contribution in [0.5, 0.6) is 0 Å². The summed E-state index contributed by atoms with van der Waals surface area (Å²) in [4.78, 5) is 2.38. The van der Waals surface area contributed by atoms with Gasteiger partial charge in [-0.1, -0.05) is 12.1 Å². The third kappa shape index (κ3) is 2.35. The van der Waals surface area contributed by atoms with Gasteiger partial charge in [-0.2, -0.15) is 11.3 Å². The Labute approximate surface area is 105 Å². The average Bonchev–Trinajstić information content (AvgIpc) is 2.94. The van der Waals surface area contributed by atoms with E-state index in [9.17, 15) is 0 Å². The molecule has 2 nitrogen and oxygen atoms in total. The third-order valence-electron chi connectivity index (χ3n) is 3.10. The third-order valence-corrected chi connectivity index (χ3v) is 3.78. The number of rotatable bonds is 2. The van der Waals surface area contributed by atoms with E-state index in [1.165, 1.54) is 16.8 Å². The molecule has 17 heavy (non-hydrogen) atoms. The second-order valence-corrected chi connectivity index (χ2v) is 4.94. The summed E-state index contributed by atoms with van der Waals surface area (Å²) in [6, 6.07) is 11.0. The fraction of sp³-hybridized carbons (Fsp3) is 0.286.